The molecule has 7 nitrogen and oxygen atoms in total. The quantitative estimate of drug-likeness (QED) is 0.849. The lowest BCUT2D eigenvalue weighted by molar-refractivity contribution is 0.272. The molecule has 2 heterocycles. The molecule has 0 aliphatic carbocycles. The highest BCUT2D eigenvalue weighted by molar-refractivity contribution is 5.60. The first-order chi connectivity index (χ1) is 9.91. The molecule has 1 saturated heterocycles. The molecule has 1 aromatic heterocycles. The van der Waals surface area contributed by atoms with Gasteiger partial charge in [0.05, 0.1) is 0 Å². The number of anilines is 2. The van der Waals surface area contributed by atoms with E-state index in [2.05, 4.69) is 5.43 Å². The van der Waals surface area contributed by atoms with Gasteiger partial charge in [-0.2, -0.15) is 0 Å². The fraction of sp³-hybridized carbons (Fsp3) is 0.714. The average Bonchev–Trinajstić information content (AvgIpc) is 2.47. The van der Waals surface area contributed by atoms with Crippen molar-refractivity contribution in [2.45, 2.75) is 39.7 Å². The van der Waals surface area contributed by atoms with E-state index in [9.17, 15) is 9.59 Å². The van der Waals surface area contributed by atoms with E-state index >= 15 is 0 Å². The van der Waals surface area contributed by atoms with Crippen molar-refractivity contribution >= 4 is 11.5 Å². The number of rotatable bonds is 4. The highest BCUT2D eigenvalue weighted by atomic mass is 16.2. The third kappa shape index (κ3) is 3.29. The fourth-order valence-electron chi connectivity index (χ4n) is 2.59. The van der Waals surface area contributed by atoms with E-state index in [1.165, 1.54) is 18.0 Å². The van der Waals surface area contributed by atoms with Gasteiger partial charge >= 0.3 is 5.69 Å². The van der Waals surface area contributed by atoms with Crippen molar-refractivity contribution in [3.05, 3.63) is 20.8 Å². The molecule has 0 unspecified atom stereocenters. The summed E-state index contributed by atoms with van der Waals surface area (Å²) in [6.45, 7) is 6.27. The normalized spacial score (nSPS) is 16.4. The predicted octanol–water partition coefficient (Wildman–Crippen LogP) is 0.598. The van der Waals surface area contributed by atoms with Crippen LogP contribution in [0.5, 0.6) is 0 Å². The van der Waals surface area contributed by atoms with Gasteiger partial charge in [0.15, 0.2) is 5.69 Å². The lowest BCUT2D eigenvalue weighted by atomic mass is 10.2. The molecule has 0 aromatic carbocycles. The minimum absolute atomic E-state index is 0.224. The maximum absolute atomic E-state index is 12.3. The Morgan fingerprint density at radius 2 is 1.81 bits per heavy atom. The molecule has 2 rings (SSSR count). The van der Waals surface area contributed by atoms with E-state index in [0.717, 1.165) is 30.5 Å². The molecule has 0 atom stereocenters. The van der Waals surface area contributed by atoms with Crippen LogP contribution in [0.1, 0.15) is 33.1 Å². The lowest BCUT2D eigenvalue weighted by Crippen LogP contribution is -2.44. The third-order valence-electron chi connectivity index (χ3n) is 3.76. The molecule has 1 aliphatic rings. The molecule has 1 aliphatic heterocycles. The summed E-state index contributed by atoms with van der Waals surface area (Å²) in [4.78, 5) is 24.5. The molecular formula is C14H25N5O2. The molecule has 0 amide bonds. The molecule has 1 aromatic rings. The Balaban J connectivity index is 2.42. The molecule has 0 bridgehead atoms. The van der Waals surface area contributed by atoms with Crippen LogP contribution in [0.2, 0.25) is 0 Å². The van der Waals surface area contributed by atoms with Crippen LogP contribution in [0, 0.1) is 5.92 Å². The maximum Gasteiger partial charge on any atom is 0.332 e. The van der Waals surface area contributed by atoms with Crippen molar-refractivity contribution in [2.75, 3.05) is 24.2 Å². The minimum atomic E-state index is -0.372. The summed E-state index contributed by atoms with van der Waals surface area (Å²) < 4.78 is 2.59. The van der Waals surface area contributed by atoms with E-state index < -0.39 is 0 Å². The van der Waals surface area contributed by atoms with Crippen molar-refractivity contribution in [3.63, 3.8) is 0 Å². The largest absolute Gasteiger partial charge is 0.383 e. The van der Waals surface area contributed by atoms with Gasteiger partial charge in [-0.15, -0.1) is 0 Å². The van der Waals surface area contributed by atoms with Gasteiger partial charge in [-0.25, -0.2) is 9.80 Å². The number of hydrogen-bond acceptors (Lipinski definition) is 5. The van der Waals surface area contributed by atoms with Gasteiger partial charge < -0.3 is 11.2 Å². The van der Waals surface area contributed by atoms with Crippen LogP contribution < -0.4 is 22.4 Å². The smallest absolute Gasteiger partial charge is 0.332 e. The molecule has 0 radical (unpaired) electrons. The monoisotopic (exact) mass is 295 g/mol. The summed E-state index contributed by atoms with van der Waals surface area (Å²) in [6, 6.07) is 0. The van der Waals surface area contributed by atoms with Gasteiger partial charge in [-0.05, 0) is 18.8 Å². The Morgan fingerprint density at radius 1 is 1.19 bits per heavy atom. The molecule has 3 N–H and O–H groups in total. The van der Waals surface area contributed by atoms with Crippen LogP contribution in [0.25, 0.3) is 0 Å². The van der Waals surface area contributed by atoms with Crippen molar-refractivity contribution in [2.24, 2.45) is 13.0 Å². The van der Waals surface area contributed by atoms with Crippen molar-refractivity contribution in [3.8, 4) is 0 Å². The van der Waals surface area contributed by atoms with Crippen LogP contribution in [0.3, 0.4) is 0 Å². The van der Waals surface area contributed by atoms with E-state index in [4.69, 9.17) is 5.73 Å². The van der Waals surface area contributed by atoms with Crippen molar-refractivity contribution in [1.29, 1.82) is 0 Å². The Labute approximate surface area is 124 Å². The van der Waals surface area contributed by atoms with Gasteiger partial charge in [0.2, 0.25) is 0 Å². The number of hydrogen-bond donors (Lipinski definition) is 2. The fourth-order valence-corrected chi connectivity index (χ4v) is 2.59. The molecule has 1 fully saturated rings. The van der Waals surface area contributed by atoms with Crippen molar-refractivity contribution < 1.29 is 0 Å². The molecule has 118 valence electrons. The van der Waals surface area contributed by atoms with E-state index in [1.807, 2.05) is 18.9 Å². The number of nitrogens with one attached hydrogen (secondary N) is 1. The first-order valence-electron chi connectivity index (χ1n) is 7.52. The third-order valence-corrected chi connectivity index (χ3v) is 3.76. The second-order valence-corrected chi connectivity index (χ2v) is 6.07. The molecule has 0 saturated carbocycles. The van der Waals surface area contributed by atoms with Gasteiger partial charge in [-0.3, -0.25) is 13.9 Å². The Morgan fingerprint density at radius 3 is 2.38 bits per heavy atom. The summed E-state index contributed by atoms with van der Waals surface area (Å²) in [5.41, 5.74) is 8.76. The number of aromatic nitrogens is 2. The number of piperidine rings is 1. The van der Waals surface area contributed by atoms with Crippen LogP contribution >= 0.6 is 0 Å². The number of hydrazine groups is 1. The second-order valence-electron chi connectivity index (χ2n) is 6.07. The highest BCUT2D eigenvalue weighted by Crippen LogP contribution is 2.16. The number of nitrogens with zero attached hydrogens (tertiary/aromatic N) is 3. The topological polar surface area (TPSA) is 85.3 Å². The molecule has 0 spiro atoms. The number of nitrogen functional groups attached to an aromatic ring is 1. The summed E-state index contributed by atoms with van der Waals surface area (Å²) in [7, 11) is 1.49. The Hall–Kier alpha value is -1.76. The Kier molecular flexibility index (Phi) is 4.72. The van der Waals surface area contributed by atoms with Gasteiger partial charge in [0.1, 0.15) is 5.82 Å². The first-order valence-corrected chi connectivity index (χ1v) is 7.52. The zero-order valence-electron chi connectivity index (χ0n) is 13.1. The average molecular weight is 295 g/mol. The van der Waals surface area contributed by atoms with E-state index in [-0.39, 0.29) is 23.0 Å². The minimum Gasteiger partial charge on any atom is -0.383 e. The summed E-state index contributed by atoms with van der Waals surface area (Å²) in [5.74, 6) is 0.493. The van der Waals surface area contributed by atoms with Gasteiger partial charge in [0.25, 0.3) is 5.56 Å². The van der Waals surface area contributed by atoms with Crippen LogP contribution in [-0.4, -0.2) is 27.2 Å². The zero-order valence-corrected chi connectivity index (χ0v) is 13.1. The summed E-state index contributed by atoms with van der Waals surface area (Å²) in [5, 5.41) is 2.00. The van der Waals surface area contributed by atoms with Gasteiger partial charge in [-0.1, -0.05) is 20.3 Å². The van der Waals surface area contributed by atoms with Crippen LogP contribution in [0.4, 0.5) is 11.5 Å². The summed E-state index contributed by atoms with van der Waals surface area (Å²) in [6.07, 6.45) is 3.40. The predicted molar refractivity (Wildman–Crippen MR) is 84.2 cm³/mol. The van der Waals surface area contributed by atoms with E-state index in [1.54, 1.807) is 0 Å². The second kappa shape index (κ2) is 6.34. The zero-order chi connectivity index (χ0) is 15.6. The number of nitrogens with two attached hydrogens (primary N) is 1. The summed E-state index contributed by atoms with van der Waals surface area (Å²) >= 11 is 0. The molecule has 21 heavy (non-hydrogen) atoms. The maximum atomic E-state index is 12.3. The van der Waals surface area contributed by atoms with Crippen LogP contribution in [-0.2, 0) is 13.6 Å². The SMILES string of the molecule is CC(C)Cn1c(N)c(NN2CCCCC2)c(=O)n(C)c1=O. The highest BCUT2D eigenvalue weighted by Gasteiger charge is 2.19. The molecular weight excluding hydrogens is 270 g/mol. The van der Waals surface area contributed by atoms with Crippen molar-refractivity contribution in [1.82, 2.24) is 14.1 Å². The standard InChI is InChI=1S/C14H25N5O2/c1-10(2)9-19-12(15)11(13(20)17(3)14(19)21)16-18-7-5-4-6-8-18/h10,16H,4-9,15H2,1-3H3. The van der Waals surface area contributed by atoms with E-state index in [0.29, 0.717) is 12.2 Å². The van der Waals surface area contributed by atoms with Gasteiger partial charge in [0, 0.05) is 26.7 Å². The van der Waals surface area contributed by atoms with Crippen LogP contribution in [0.15, 0.2) is 9.59 Å². The molecule has 7 heteroatoms. The lowest BCUT2D eigenvalue weighted by Gasteiger charge is -2.28. The first kappa shape index (κ1) is 15.6. The Bertz CT molecular complexity index is 611.